The summed E-state index contributed by atoms with van der Waals surface area (Å²) in [6.07, 6.45) is 1.59. The van der Waals surface area contributed by atoms with E-state index >= 15 is 0 Å². The van der Waals surface area contributed by atoms with Crippen LogP contribution in [0.2, 0.25) is 0 Å². The van der Waals surface area contributed by atoms with Crippen LogP contribution in [0.4, 0.5) is 5.82 Å². The summed E-state index contributed by atoms with van der Waals surface area (Å²) < 4.78 is 1.30. The average molecular weight is 277 g/mol. The van der Waals surface area contributed by atoms with Gasteiger partial charge in [0, 0.05) is 9.58 Å². The molecule has 20 heavy (non-hydrogen) atoms. The Kier molecular flexibility index (Phi) is 2.44. The van der Waals surface area contributed by atoms with Gasteiger partial charge in [0.05, 0.1) is 17.2 Å². The molecule has 0 aliphatic heterocycles. The highest BCUT2D eigenvalue weighted by Gasteiger charge is 2.06. The predicted molar refractivity (Wildman–Crippen MR) is 84.8 cm³/mol. The molecule has 96 valence electrons. The van der Waals surface area contributed by atoms with Crippen molar-refractivity contribution in [2.75, 3.05) is 5.73 Å². The van der Waals surface area contributed by atoms with Crippen molar-refractivity contribution in [2.45, 2.75) is 0 Å². The van der Waals surface area contributed by atoms with Crippen molar-refractivity contribution in [3.05, 3.63) is 54.7 Å². The molecule has 0 aliphatic rings. The monoisotopic (exact) mass is 277 g/mol. The molecule has 0 bridgehead atoms. The highest BCUT2D eigenvalue weighted by Crippen LogP contribution is 2.34. The molecular weight excluding hydrogens is 266 g/mol. The fourth-order valence-corrected chi connectivity index (χ4v) is 3.36. The molecule has 0 atom stereocenters. The van der Waals surface area contributed by atoms with Crippen LogP contribution in [0, 0.1) is 0 Å². The molecule has 0 amide bonds. The predicted octanol–water partition coefficient (Wildman–Crippen LogP) is 4.09. The minimum absolute atomic E-state index is 0.451. The molecule has 0 radical (unpaired) electrons. The van der Waals surface area contributed by atoms with Gasteiger partial charge in [-0.15, -0.1) is 11.3 Å². The molecule has 4 heteroatoms. The number of rotatable bonds is 1. The first kappa shape index (κ1) is 11.4. The number of nitrogens with two attached hydrogens (primary N) is 1. The van der Waals surface area contributed by atoms with Crippen LogP contribution < -0.4 is 5.73 Å². The van der Waals surface area contributed by atoms with Gasteiger partial charge in [0.1, 0.15) is 5.82 Å². The van der Waals surface area contributed by atoms with E-state index < -0.39 is 0 Å². The number of benzene rings is 2. The summed E-state index contributed by atoms with van der Waals surface area (Å²) in [4.78, 5) is 9.85. The molecule has 0 unspecified atom stereocenters. The largest absolute Gasteiger partial charge is 0.382 e. The van der Waals surface area contributed by atoms with E-state index in [2.05, 4.69) is 52.4 Å². The molecule has 2 aromatic carbocycles. The summed E-state index contributed by atoms with van der Waals surface area (Å²) in [5, 5.41) is 1.27. The number of thiophene rings is 1. The van der Waals surface area contributed by atoms with Crippen LogP contribution in [-0.2, 0) is 0 Å². The quantitative estimate of drug-likeness (QED) is 0.570. The molecule has 2 N–H and O–H groups in total. The van der Waals surface area contributed by atoms with Gasteiger partial charge in [0.15, 0.2) is 0 Å². The highest BCUT2D eigenvalue weighted by atomic mass is 32.1. The van der Waals surface area contributed by atoms with E-state index in [9.17, 15) is 0 Å². The fourth-order valence-electron chi connectivity index (χ4n) is 2.30. The molecule has 2 aromatic heterocycles. The Hall–Kier alpha value is -2.46. The summed E-state index contributed by atoms with van der Waals surface area (Å²) in [5.74, 6) is 0.451. The molecule has 0 saturated heterocycles. The molecule has 0 aliphatic carbocycles. The minimum atomic E-state index is 0.451. The van der Waals surface area contributed by atoms with Crippen LogP contribution >= 0.6 is 11.3 Å². The first-order chi connectivity index (χ1) is 9.79. The van der Waals surface area contributed by atoms with E-state index in [0.717, 1.165) is 16.6 Å². The number of nitrogen functional groups attached to an aromatic ring is 1. The summed E-state index contributed by atoms with van der Waals surface area (Å²) in [7, 11) is 0. The standard InChI is InChI=1S/C16H11N3S/c17-16-9-18-13-7-11(5-6-12(13)19-16)15-8-10-3-1-2-4-14(10)20-15/h1-9H,(H2,17,19). The zero-order valence-electron chi connectivity index (χ0n) is 10.6. The minimum Gasteiger partial charge on any atom is -0.382 e. The van der Waals surface area contributed by atoms with Gasteiger partial charge in [0.2, 0.25) is 0 Å². The normalized spacial score (nSPS) is 11.2. The maximum Gasteiger partial charge on any atom is 0.142 e. The number of nitrogens with zero attached hydrogens (tertiary/aromatic N) is 2. The molecule has 4 aromatic rings. The lowest BCUT2D eigenvalue weighted by atomic mass is 10.1. The fraction of sp³-hybridized carbons (Fsp3) is 0. The zero-order valence-corrected chi connectivity index (χ0v) is 11.4. The van der Waals surface area contributed by atoms with E-state index in [-0.39, 0.29) is 0 Å². The Morgan fingerprint density at radius 2 is 1.85 bits per heavy atom. The van der Waals surface area contributed by atoms with Crippen molar-refractivity contribution < 1.29 is 0 Å². The van der Waals surface area contributed by atoms with Gasteiger partial charge in [-0.05, 0) is 35.2 Å². The first-order valence-corrected chi connectivity index (χ1v) is 7.12. The second-order valence-corrected chi connectivity index (χ2v) is 5.73. The molecule has 4 rings (SSSR count). The van der Waals surface area contributed by atoms with Crippen LogP contribution in [-0.4, -0.2) is 9.97 Å². The maximum atomic E-state index is 5.65. The molecule has 0 fully saturated rings. The summed E-state index contributed by atoms with van der Waals surface area (Å²) in [5.41, 5.74) is 8.52. The summed E-state index contributed by atoms with van der Waals surface area (Å²) in [6.45, 7) is 0. The second-order valence-electron chi connectivity index (χ2n) is 4.65. The Bertz CT molecular complexity index is 894. The lowest BCUT2D eigenvalue weighted by molar-refractivity contribution is 1.30. The Morgan fingerprint density at radius 3 is 2.75 bits per heavy atom. The number of hydrogen-bond donors (Lipinski definition) is 1. The number of anilines is 1. The number of fused-ring (bicyclic) bond motifs is 2. The lowest BCUT2D eigenvalue weighted by Crippen LogP contribution is -1.92. The van der Waals surface area contributed by atoms with E-state index in [1.165, 1.54) is 15.0 Å². The van der Waals surface area contributed by atoms with Gasteiger partial charge < -0.3 is 5.73 Å². The van der Waals surface area contributed by atoms with Crippen LogP contribution in [0.5, 0.6) is 0 Å². The average Bonchev–Trinajstić information content (AvgIpc) is 2.90. The highest BCUT2D eigenvalue weighted by molar-refractivity contribution is 7.22. The first-order valence-electron chi connectivity index (χ1n) is 6.31. The second kappa shape index (κ2) is 4.28. The number of hydrogen-bond acceptors (Lipinski definition) is 4. The van der Waals surface area contributed by atoms with Gasteiger partial charge in [-0.25, -0.2) is 4.98 Å². The summed E-state index contributed by atoms with van der Waals surface area (Å²) >= 11 is 1.79. The molecule has 3 nitrogen and oxygen atoms in total. The van der Waals surface area contributed by atoms with Gasteiger partial charge in [0.25, 0.3) is 0 Å². The van der Waals surface area contributed by atoms with Crippen LogP contribution in [0.1, 0.15) is 0 Å². The van der Waals surface area contributed by atoms with Crippen molar-refractivity contribution in [2.24, 2.45) is 0 Å². The molecule has 0 spiro atoms. The third-order valence-corrected chi connectivity index (χ3v) is 4.44. The van der Waals surface area contributed by atoms with Gasteiger partial charge in [-0.2, -0.15) is 0 Å². The van der Waals surface area contributed by atoms with E-state index in [1.54, 1.807) is 17.5 Å². The smallest absolute Gasteiger partial charge is 0.142 e. The van der Waals surface area contributed by atoms with Gasteiger partial charge in [-0.1, -0.05) is 24.3 Å². The van der Waals surface area contributed by atoms with Crippen LogP contribution in [0.15, 0.2) is 54.7 Å². The topological polar surface area (TPSA) is 51.8 Å². The molecule has 2 heterocycles. The Balaban J connectivity index is 1.90. The van der Waals surface area contributed by atoms with E-state index in [1.807, 2.05) is 6.07 Å². The van der Waals surface area contributed by atoms with Gasteiger partial charge >= 0.3 is 0 Å². The number of aromatic nitrogens is 2. The van der Waals surface area contributed by atoms with Crippen LogP contribution in [0.25, 0.3) is 31.6 Å². The van der Waals surface area contributed by atoms with Crippen molar-refractivity contribution in [3.63, 3.8) is 0 Å². The third kappa shape index (κ3) is 1.82. The van der Waals surface area contributed by atoms with Crippen molar-refractivity contribution in [1.29, 1.82) is 0 Å². The SMILES string of the molecule is Nc1cnc2cc(-c3cc4ccccc4s3)ccc2n1. The van der Waals surface area contributed by atoms with Crippen molar-refractivity contribution in [3.8, 4) is 10.4 Å². The third-order valence-electron chi connectivity index (χ3n) is 3.27. The summed E-state index contributed by atoms with van der Waals surface area (Å²) in [6, 6.07) is 16.7. The van der Waals surface area contributed by atoms with Crippen molar-refractivity contribution in [1.82, 2.24) is 9.97 Å². The Morgan fingerprint density at radius 1 is 0.950 bits per heavy atom. The van der Waals surface area contributed by atoms with Crippen LogP contribution in [0.3, 0.4) is 0 Å². The Labute approximate surface area is 119 Å². The van der Waals surface area contributed by atoms with E-state index in [0.29, 0.717) is 5.82 Å². The molecule has 0 saturated carbocycles. The van der Waals surface area contributed by atoms with Crippen molar-refractivity contribution >= 4 is 38.3 Å². The lowest BCUT2D eigenvalue weighted by Gasteiger charge is -2.01. The van der Waals surface area contributed by atoms with Gasteiger partial charge in [-0.3, -0.25) is 4.98 Å². The maximum absolute atomic E-state index is 5.65. The zero-order chi connectivity index (χ0) is 13.5. The van der Waals surface area contributed by atoms with E-state index in [4.69, 9.17) is 5.73 Å². The molecular formula is C16H11N3S.